The molecule has 2 aromatic carbocycles. The van der Waals surface area contributed by atoms with Gasteiger partial charge >= 0.3 is 18.0 Å². The molecule has 0 fully saturated rings. The van der Waals surface area contributed by atoms with E-state index in [1.54, 1.807) is 26.8 Å². The fourth-order valence-corrected chi connectivity index (χ4v) is 3.35. The Balaban J connectivity index is 1.92. The predicted octanol–water partition coefficient (Wildman–Crippen LogP) is 3.40. The Kier molecular flexibility index (Phi) is 7.15. The second-order valence-corrected chi connectivity index (χ2v) is 7.63. The van der Waals surface area contributed by atoms with Crippen LogP contribution in [-0.2, 0) is 9.53 Å². The van der Waals surface area contributed by atoms with Crippen molar-refractivity contribution in [2.24, 2.45) is 0 Å². The lowest BCUT2D eigenvalue weighted by molar-refractivity contribution is -0.384. The standard InChI is InChI=1S/C23H23N3O8/c1-12(2)33-22(28)19-13(3)24-23(29)25-20(19)14-8-9-17(18(11-14)32-4)34-21(27)15-6-5-7-16(10-15)26(30)31/h5-12,20H,1-4H3,(H2,24,25,29). The Morgan fingerprint density at radius 1 is 1.09 bits per heavy atom. The summed E-state index contributed by atoms with van der Waals surface area (Å²) >= 11 is 0. The predicted molar refractivity (Wildman–Crippen MR) is 119 cm³/mol. The number of carbonyl (C=O) groups excluding carboxylic acids is 3. The van der Waals surface area contributed by atoms with E-state index in [2.05, 4.69) is 10.6 Å². The Morgan fingerprint density at radius 2 is 1.82 bits per heavy atom. The molecule has 1 aliphatic rings. The molecule has 34 heavy (non-hydrogen) atoms. The van der Waals surface area contributed by atoms with Crippen LogP contribution >= 0.6 is 0 Å². The lowest BCUT2D eigenvalue weighted by Gasteiger charge is -2.29. The molecule has 0 saturated heterocycles. The molecule has 1 atom stereocenters. The topological polar surface area (TPSA) is 146 Å². The number of allylic oxidation sites excluding steroid dienone is 1. The number of benzene rings is 2. The van der Waals surface area contributed by atoms with Gasteiger partial charge in [-0.1, -0.05) is 12.1 Å². The van der Waals surface area contributed by atoms with Gasteiger partial charge in [-0.15, -0.1) is 0 Å². The van der Waals surface area contributed by atoms with Gasteiger partial charge in [-0.25, -0.2) is 14.4 Å². The smallest absolute Gasteiger partial charge is 0.343 e. The maximum atomic E-state index is 12.7. The first kappa shape index (κ1) is 24.2. The average Bonchev–Trinajstić information content (AvgIpc) is 2.78. The van der Waals surface area contributed by atoms with Crippen molar-refractivity contribution in [2.75, 3.05) is 7.11 Å². The fraction of sp³-hybridized carbons (Fsp3) is 0.261. The van der Waals surface area contributed by atoms with Crippen LogP contribution in [0.25, 0.3) is 0 Å². The molecule has 2 aromatic rings. The molecule has 0 radical (unpaired) electrons. The zero-order chi connectivity index (χ0) is 25.0. The summed E-state index contributed by atoms with van der Waals surface area (Å²) in [5.41, 5.74) is 0.790. The minimum Gasteiger partial charge on any atom is -0.493 e. The van der Waals surface area contributed by atoms with Crippen molar-refractivity contribution in [3.05, 3.63) is 75.0 Å². The van der Waals surface area contributed by atoms with Gasteiger partial charge in [-0.2, -0.15) is 0 Å². The molecule has 0 spiro atoms. The van der Waals surface area contributed by atoms with E-state index in [1.807, 2.05) is 0 Å². The number of esters is 2. The highest BCUT2D eigenvalue weighted by molar-refractivity contribution is 5.95. The van der Waals surface area contributed by atoms with Crippen molar-refractivity contribution in [1.82, 2.24) is 10.6 Å². The van der Waals surface area contributed by atoms with Crippen molar-refractivity contribution in [2.45, 2.75) is 32.9 Å². The molecule has 1 heterocycles. The van der Waals surface area contributed by atoms with Gasteiger partial charge in [0.15, 0.2) is 11.5 Å². The Morgan fingerprint density at radius 3 is 2.47 bits per heavy atom. The molecule has 0 aliphatic carbocycles. The normalized spacial score (nSPS) is 15.3. The molecule has 0 aromatic heterocycles. The third-order valence-corrected chi connectivity index (χ3v) is 4.85. The molecule has 11 heteroatoms. The molecular formula is C23H23N3O8. The Bertz CT molecular complexity index is 1190. The first-order chi connectivity index (χ1) is 16.1. The zero-order valence-electron chi connectivity index (χ0n) is 18.9. The third kappa shape index (κ3) is 5.31. The van der Waals surface area contributed by atoms with E-state index in [0.717, 1.165) is 6.07 Å². The van der Waals surface area contributed by atoms with E-state index in [4.69, 9.17) is 14.2 Å². The number of urea groups is 1. The van der Waals surface area contributed by atoms with Crippen LogP contribution in [0.15, 0.2) is 53.7 Å². The molecule has 1 aliphatic heterocycles. The van der Waals surface area contributed by atoms with E-state index in [-0.39, 0.29) is 34.4 Å². The van der Waals surface area contributed by atoms with Crippen molar-refractivity contribution in [3.63, 3.8) is 0 Å². The van der Waals surface area contributed by atoms with E-state index >= 15 is 0 Å². The number of rotatable bonds is 7. The summed E-state index contributed by atoms with van der Waals surface area (Å²) in [6, 6.07) is 8.32. The molecule has 3 rings (SSSR count). The summed E-state index contributed by atoms with van der Waals surface area (Å²) in [5.74, 6) is -1.21. The molecule has 178 valence electrons. The number of nitrogens with one attached hydrogen (secondary N) is 2. The van der Waals surface area contributed by atoms with Crippen LogP contribution in [-0.4, -0.2) is 36.1 Å². The van der Waals surface area contributed by atoms with Gasteiger partial charge in [-0.3, -0.25) is 10.1 Å². The molecule has 1 unspecified atom stereocenters. The van der Waals surface area contributed by atoms with E-state index in [9.17, 15) is 24.5 Å². The van der Waals surface area contributed by atoms with Crippen LogP contribution in [0.5, 0.6) is 11.5 Å². The monoisotopic (exact) mass is 469 g/mol. The van der Waals surface area contributed by atoms with E-state index < -0.39 is 28.9 Å². The first-order valence-electron chi connectivity index (χ1n) is 10.2. The van der Waals surface area contributed by atoms with Crippen LogP contribution in [0.4, 0.5) is 10.5 Å². The number of carbonyl (C=O) groups is 3. The zero-order valence-corrected chi connectivity index (χ0v) is 18.9. The number of hydrogen-bond donors (Lipinski definition) is 2. The molecular weight excluding hydrogens is 446 g/mol. The molecule has 0 bridgehead atoms. The average molecular weight is 469 g/mol. The first-order valence-corrected chi connectivity index (χ1v) is 10.2. The van der Waals surface area contributed by atoms with Gasteiger partial charge in [0.1, 0.15) is 0 Å². The Labute approximate surface area is 194 Å². The van der Waals surface area contributed by atoms with Gasteiger partial charge in [0.2, 0.25) is 0 Å². The minimum absolute atomic E-state index is 0.0109. The highest BCUT2D eigenvalue weighted by atomic mass is 16.6. The summed E-state index contributed by atoms with van der Waals surface area (Å²) in [7, 11) is 1.36. The number of nitrogens with zero attached hydrogens (tertiary/aromatic N) is 1. The second-order valence-electron chi connectivity index (χ2n) is 7.63. The third-order valence-electron chi connectivity index (χ3n) is 4.85. The number of hydrogen-bond acceptors (Lipinski definition) is 8. The number of methoxy groups -OCH3 is 1. The second kappa shape index (κ2) is 10.0. The maximum Gasteiger partial charge on any atom is 0.343 e. The van der Waals surface area contributed by atoms with Crippen molar-refractivity contribution >= 4 is 23.7 Å². The number of nitro benzene ring substituents is 1. The largest absolute Gasteiger partial charge is 0.493 e. The summed E-state index contributed by atoms with van der Waals surface area (Å²) in [4.78, 5) is 47.7. The van der Waals surface area contributed by atoms with Crippen molar-refractivity contribution in [3.8, 4) is 11.5 Å². The van der Waals surface area contributed by atoms with Gasteiger partial charge in [0.25, 0.3) is 5.69 Å². The SMILES string of the molecule is COc1cc(C2NC(=O)NC(C)=C2C(=O)OC(C)C)ccc1OC(=O)c1cccc([N+](=O)[O-])c1. The lowest BCUT2D eigenvalue weighted by atomic mass is 9.95. The number of ether oxygens (including phenoxy) is 3. The summed E-state index contributed by atoms with van der Waals surface area (Å²) in [6.07, 6.45) is -0.365. The highest BCUT2D eigenvalue weighted by Crippen LogP contribution is 2.35. The Hall–Kier alpha value is -4.41. The molecule has 0 saturated carbocycles. The van der Waals surface area contributed by atoms with Crippen LogP contribution in [0.3, 0.4) is 0 Å². The van der Waals surface area contributed by atoms with Gasteiger partial charge < -0.3 is 24.8 Å². The van der Waals surface area contributed by atoms with Crippen LogP contribution in [0.1, 0.15) is 42.7 Å². The summed E-state index contributed by atoms with van der Waals surface area (Å²) in [6.45, 7) is 5.02. The minimum atomic E-state index is -0.838. The lowest BCUT2D eigenvalue weighted by Crippen LogP contribution is -2.45. The van der Waals surface area contributed by atoms with Crippen LogP contribution in [0, 0.1) is 10.1 Å². The van der Waals surface area contributed by atoms with E-state index in [1.165, 1.54) is 37.4 Å². The number of nitro groups is 1. The van der Waals surface area contributed by atoms with E-state index in [0.29, 0.717) is 11.3 Å². The maximum absolute atomic E-state index is 12.7. The molecule has 2 amide bonds. The van der Waals surface area contributed by atoms with Crippen molar-refractivity contribution in [1.29, 1.82) is 0 Å². The van der Waals surface area contributed by atoms with Crippen molar-refractivity contribution < 1.29 is 33.5 Å². The summed E-state index contributed by atoms with van der Waals surface area (Å²) in [5, 5.41) is 16.2. The number of amides is 2. The fourth-order valence-electron chi connectivity index (χ4n) is 3.35. The molecule has 11 nitrogen and oxygen atoms in total. The van der Waals surface area contributed by atoms with Crippen LogP contribution in [0.2, 0.25) is 0 Å². The quantitative estimate of drug-likeness (QED) is 0.271. The summed E-state index contributed by atoms with van der Waals surface area (Å²) < 4.78 is 16.0. The van der Waals surface area contributed by atoms with Gasteiger partial charge in [0.05, 0.1) is 35.3 Å². The highest BCUT2D eigenvalue weighted by Gasteiger charge is 2.33. The van der Waals surface area contributed by atoms with Gasteiger partial charge in [0, 0.05) is 17.8 Å². The van der Waals surface area contributed by atoms with Gasteiger partial charge in [-0.05, 0) is 44.5 Å². The van der Waals surface area contributed by atoms with Crippen LogP contribution < -0.4 is 20.1 Å². The molecule has 2 N–H and O–H groups in total. The number of non-ortho nitro benzene ring substituents is 1.